The number of amides is 1. The summed E-state index contributed by atoms with van der Waals surface area (Å²) in [5.74, 6) is 0.946. The molecule has 0 bridgehead atoms. The molecule has 3 aromatic rings. The van der Waals surface area contributed by atoms with E-state index < -0.39 is 0 Å². The number of Topliss-reactive ketones (excluding diaryl/α,β-unsaturated/α-hetero) is 1. The third-order valence-corrected chi connectivity index (χ3v) is 6.18. The molecule has 4 nitrogen and oxygen atoms in total. The van der Waals surface area contributed by atoms with Gasteiger partial charge in [-0.1, -0.05) is 54.6 Å². The molecule has 1 saturated heterocycles. The molecule has 4 heteroatoms. The minimum Gasteiger partial charge on any atom is -0.497 e. The number of benzene rings is 3. The number of hydrogen-bond acceptors (Lipinski definition) is 3. The van der Waals surface area contributed by atoms with Gasteiger partial charge >= 0.3 is 0 Å². The molecule has 1 heterocycles. The van der Waals surface area contributed by atoms with Crippen LogP contribution in [0, 0.1) is 5.92 Å². The smallest absolute Gasteiger partial charge is 0.229 e. The van der Waals surface area contributed by atoms with E-state index in [0.29, 0.717) is 13.1 Å². The first-order valence-electron chi connectivity index (χ1n) is 10.5. The molecule has 0 N–H and O–H groups in total. The van der Waals surface area contributed by atoms with Crippen molar-refractivity contribution in [2.75, 3.05) is 20.2 Å². The Morgan fingerprint density at radius 1 is 0.933 bits per heavy atom. The maximum atomic E-state index is 13.1. The molecular formula is C26H27NO3. The van der Waals surface area contributed by atoms with Crippen LogP contribution in [0.5, 0.6) is 5.75 Å². The van der Waals surface area contributed by atoms with Crippen molar-refractivity contribution in [1.82, 2.24) is 4.90 Å². The zero-order valence-electron chi connectivity index (χ0n) is 17.5. The van der Waals surface area contributed by atoms with Gasteiger partial charge in [0.05, 0.1) is 13.0 Å². The molecule has 0 unspecified atom stereocenters. The van der Waals surface area contributed by atoms with Gasteiger partial charge in [0.25, 0.3) is 0 Å². The number of carbonyl (C=O) groups is 2. The molecule has 0 aliphatic carbocycles. The second-order valence-corrected chi connectivity index (χ2v) is 8.02. The second kappa shape index (κ2) is 8.70. The number of piperidine rings is 1. The van der Waals surface area contributed by atoms with E-state index in [-0.39, 0.29) is 23.5 Å². The summed E-state index contributed by atoms with van der Waals surface area (Å²) in [4.78, 5) is 27.7. The van der Waals surface area contributed by atoms with Gasteiger partial charge in [-0.3, -0.25) is 9.59 Å². The average Bonchev–Trinajstić information content (AvgIpc) is 2.82. The summed E-state index contributed by atoms with van der Waals surface area (Å²) >= 11 is 0. The zero-order valence-corrected chi connectivity index (χ0v) is 17.5. The molecule has 1 atom stereocenters. The molecule has 30 heavy (non-hydrogen) atoms. The van der Waals surface area contributed by atoms with Crippen LogP contribution in [0.15, 0.2) is 66.7 Å². The lowest BCUT2D eigenvalue weighted by molar-refractivity contribution is -0.133. The number of hydrogen-bond donors (Lipinski definition) is 0. The monoisotopic (exact) mass is 401 g/mol. The molecule has 1 aliphatic rings. The van der Waals surface area contributed by atoms with Crippen molar-refractivity contribution in [1.29, 1.82) is 0 Å². The highest BCUT2D eigenvalue weighted by Crippen LogP contribution is 2.28. The fraction of sp³-hybridized carbons (Fsp3) is 0.308. The van der Waals surface area contributed by atoms with Crippen LogP contribution >= 0.6 is 0 Å². The van der Waals surface area contributed by atoms with E-state index in [1.165, 1.54) is 0 Å². The largest absolute Gasteiger partial charge is 0.497 e. The Bertz CT molecular complexity index is 1050. The fourth-order valence-corrected chi connectivity index (χ4v) is 4.26. The van der Waals surface area contributed by atoms with E-state index in [4.69, 9.17) is 4.74 Å². The van der Waals surface area contributed by atoms with Crippen molar-refractivity contribution in [3.05, 3.63) is 77.9 Å². The van der Waals surface area contributed by atoms with Gasteiger partial charge in [-0.05, 0) is 48.2 Å². The molecule has 0 aromatic heterocycles. The quantitative estimate of drug-likeness (QED) is 0.561. The van der Waals surface area contributed by atoms with Crippen LogP contribution in [0.2, 0.25) is 0 Å². The summed E-state index contributed by atoms with van der Waals surface area (Å²) < 4.78 is 5.29. The molecule has 0 radical (unpaired) electrons. The maximum Gasteiger partial charge on any atom is 0.229 e. The first-order valence-corrected chi connectivity index (χ1v) is 10.5. The van der Waals surface area contributed by atoms with E-state index in [2.05, 4.69) is 6.07 Å². The first kappa shape index (κ1) is 20.1. The first-order chi connectivity index (χ1) is 14.6. The number of rotatable bonds is 5. The summed E-state index contributed by atoms with van der Waals surface area (Å²) in [7, 11) is 1.66. The van der Waals surface area contributed by atoms with Gasteiger partial charge in [-0.2, -0.15) is 0 Å². The van der Waals surface area contributed by atoms with Crippen molar-refractivity contribution in [3.8, 4) is 5.75 Å². The van der Waals surface area contributed by atoms with Crippen molar-refractivity contribution < 1.29 is 14.3 Å². The number of methoxy groups -OCH3 is 1. The Labute approximate surface area is 177 Å². The average molecular weight is 402 g/mol. The van der Waals surface area contributed by atoms with Crippen LogP contribution in [-0.4, -0.2) is 36.8 Å². The van der Waals surface area contributed by atoms with E-state index in [0.717, 1.165) is 40.5 Å². The standard InChI is InChI=1S/C26H27NO3/c1-18(21-8-9-23-17-24(30-2)11-10-22(23)16-21)26(29)27-14-12-20(13-15-27)25(28)19-6-4-3-5-7-19/h3-11,16-18,20H,12-15H2,1-2H3/t18-/m0/s1. The molecule has 154 valence electrons. The molecule has 1 amide bonds. The van der Waals surface area contributed by atoms with E-state index in [1.54, 1.807) is 7.11 Å². The predicted octanol–water partition coefficient (Wildman–Crippen LogP) is 5.07. The Morgan fingerprint density at radius 3 is 2.30 bits per heavy atom. The van der Waals surface area contributed by atoms with Gasteiger partial charge in [-0.25, -0.2) is 0 Å². The number of likely N-dealkylation sites (tertiary alicyclic amines) is 1. The molecule has 3 aromatic carbocycles. The minimum atomic E-state index is -0.210. The van der Waals surface area contributed by atoms with Gasteiger partial charge in [0.15, 0.2) is 5.78 Å². The van der Waals surface area contributed by atoms with Gasteiger partial charge in [0, 0.05) is 24.6 Å². The highest BCUT2D eigenvalue weighted by atomic mass is 16.5. The summed E-state index contributed by atoms with van der Waals surface area (Å²) in [6.45, 7) is 3.24. The number of nitrogens with zero attached hydrogens (tertiary/aromatic N) is 1. The SMILES string of the molecule is COc1ccc2cc([C@H](C)C(=O)N3CCC(C(=O)c4ccccc4)CC3)ccc2c1. The number of carbonyl (C=O) groups excluding carboxylic acids is 2. The Kier molecular flexibility index (Phi) is 5.84. The molecule has 4 rings (SSSR count). The normalized spacial score (nSPS) is 15.7. The second-order valence-electron chi connectivity index (χ2n) is 8.02. The summed E-state index contributed by atoms with van der Waals surface area (Å²) in [6.07, 6.45) is 1.45. The van der Waals surface area contributed by atoms with Crippen LogP contribution in [-0.2, 0) is 4.79 Å². The third kappa shape index (κ3) is 4.09. The lowest BCUT2D eigenvalue weighted by Gasteiger charge is -2.33. The van der Waals surface area contributed by atoms with Crippen LogP contribution in [0.25, 0.3) is 10.8 Å². The van der Waals surface area contributed by atoms with Crippen molar-refractivity contribution in [2.45, 2.75) is 25.7 Å². The molecule has 1 fully saturated rings. The van der Waals surface area contributed by atoms with Crippen LogP contribution in [0.1, 0.15) is 41.6 Å². The lowest BCUT2D eigenvalue weighted by atomic mass is 9.88. The van der Waals surface area contributed by atoms with Gasteiger partial charge in [0.1, 0.15) is 5.75 Å². The highest BCUT2D eigenvalue weighted by Gasteiger charge is 2.30. The van der Waals surface area contributed by atoms with Crippen molar-refractivity contribution >= 4 is 22.5 Å². The molecule has 0 saturated carbocycles. The van der Waals surface area contributed by atoms with Crippen molar-refractivity contribution in [3.63, 3.8) is 0 Å². The van der Waals surface area contributed by atoms with Crippen molar-refractivity contribution in [2.24, 2.45) is 5.92 Å². The predicted molar refractivity (Wildman–Crippen MR) is 119 cm³/mol. The number of ether oxygens (including phenoxy) is 1. The Balaban J connectivity index is 1.41. The number of fused-ring (bicyclic) bond motifs is 1. The fourth-order valence-electron chi connectivity index (χ4n) is 4.26. The van der Waals surface area contributed by atoms with Crippen LogP contribution in [0.3, 0.4) is 0 Å². The topological polar surface area (TPSA) is 46.6 Å². The summed E-state index contributed by atoms with van der Waals surface area (Å²) in [5, 5.41) is 2.19. The van der Waals surface area contributed by atoms with Gasteiger partial charge in [-0.15, -0.1) is 0 Å². The van der Waals surface area contributed by atoms with Crippen LogP contribution < -0.4 is 4.74 Å². The Hall–Kier alpha value is -3.14. The molecular weight excluding hydrogens is 374 g/mol. The zero-order chi connectivity index (χ0) is 21.1. The third-order valence-electron chi connectivity index (χ3n) is 6.18. The molecule has 0 spiro atoms. The van der Waals surface area contributed by atoms with Gasteiger partial charge in [0.2, 0.25) is 5.91 Å². The number of ketones is 1. The van der Waals surface area contributed by atoms with E-state index in [1.807, 2.05) is 72.5 Å². The summed E-state index contributed by atoms with van der Waals surface area (Å²) in [6, 6.07) is 21.6. The maximum absolute atomic E-state index is 13.1. The summed E-state index contributed by atoms with van der Waals surface area (Å²) in [5.41, 5.74) is 1.78. The van der Waals surface area contributed by atoms with Crippen LogP contribution in [0.4, 0.5) is 0 Å². The lowest BCUT2D eigenvalue weighted by Crippen LogP contribution is -2.42. The molecule has 1 aliphatic heterocycles. The van der Waals surface area contributed by atoms with E-state index >= 15 is 0 Å². The van der Waals surface area contributed by atoms with Gasteiger partial charge < -0.3 is 9.64 Å². The minimum absolute atomic E-state index is 0.00223. The Morgan fingerprint density at radius 2 is 1.60 bits per heavy atom. The van der Waals surface area contributed by atoms with E-state index in [9.17, 15) is 9.59 Å². The highest BCUT2D eigenvalue weighted by molar-refractivity contribution is 5.98.